The van der Waals surface area contributed by atoms with E-state index in [-0.39, 0.29) is 5.78 Å². The first-order valence-electron chi connectivity index (χ1n) is 6.25. The van der Waals surface area contributed by atoms with Crippen molar-refractivity contribution < 1.29 is 9.90 Å². The largest absolute Gasteiger partial charge is 0.380 e. The Bertz CT molecular complexity index is 611. The fourth-order valence-corrected chi connectivity index (χ4v) is 2.20. The molecule has 3 nitrogen and oxygen atoms in total. The van der Waals surface area contributed by atoms with Crippen molar-refractivity contribution in [3.05, 3.63) is 64.7 Å². The summed E-state index contributed by atoms with van der Waals surface area (Å²) in [6.07, 6.45) is -1.25. The molecule has 0 aliphatic rings. The van der Waals surface area contributed by atoms with E-state index in [1.165, 1.54) is 0 Å². The molecule has 4 heteroatoms. The first kappa shape index (κ1) is 14.6. The predicted molar refractivity (Wildman–Crippen MR) is 81.5 cm³/mol. The molecule has 1 atom stereocenters. The minimum Gasteiger partial charge on any atom is -0.380 e. The lowest BCUT2D eigenvalue weighted by Crippen LogP contribution is -2.14. The molecule has 20 heavy (non-hydrogen) atoms. The molecule has 0 saturated carbocycles. The number of hydrogen-bond donors (Lipinski definition) is 1. The molecule has 0 fully saturated rings. The molecular weight excluding hydrogens is 274 g/mol. The summed E-state index contributed by atoms with van der Waals surface area (Å²) in [5.41, 5.74) is 1.80. The van der Waals surface area contributed by atoms with Gasteiger partial charge in [0.1, 0.15) is 6.10 Å². The van der Waals surface area contributed by atoms with Crippen LogP contribution in [0.5, 0.6) is 0 Å². The zero-order chi connectivity index (χ0) is 14.7. The van der Waals surface area contributed by atoms with Gasteiger partial charge in [-0.25, -0.2) is 0 Å². The van der Waals surface area contributed by atoms with E-state index in [1.54, 1.807) is 36.4 Å². The minimum atomic E-state index is -1.25. The van der Waals surface area contributed by atoms with Crippen LogP contribution in [0.4, 0.5) is 5.69 Å². The van der Waals surface area contributed by atoms with Gasteiger partial charge in [-0.05, 0) is 12.1 Å². The molecule has 0 aromatic heterocycles. The SMILES string of the molecule is CN(C)c1ccc(C(O)C(=O)c2ccccc2)c(Cl)c1. The van der Waals surface area contributed by atoms with E-state index in [2.05, 4.69) is 0 Å². The maximum Gasteiger partial charge on any atom is 0.195 e. The summed E-state index contributed by atoms with van der Waals surface area (Å²) in [5, 5.41) is 10.6. The Labute approximate surface area is 123 Å². The second-order valence-corrected chi connectivity index (χ2v) is 5.14. The van der Waals surface area contributed by atoms with E-state index in [1.807, 2.05) is 31.1 Å². The highest BCUT2D eigenvalue weighted by Gasteiger charge is 2.21. The quantitative estimate of drug-likeness (QED) is 0.878. The average molecular weight is 290 g/mol. The molecule has 0 saturated heterocycles. The third-order valence-electron chi connectivity index (χ3n) is 3.10. The molecular formula is C16H16ClNO2. The molecule has 2 rings (SSSR count). The minimum absolute atomic E-state index is 0.356. The van der Waals surface area contributed by atoms with E-state index in [4.69, 9.17) is 11.6 Å². The van der Waals surface area contributed by atoms with Gasteiger partial charge >= 0.3 is 0 Å². The molecule has 2 aromatic carbocycles. The Balaban J connectivity index is 2.30. The summed E-state index contributed by atoms with van der Waals surface area (Å²) in [5.74, 6) is -0.356. The van der Waals surface area contributed by atoms with Crippen LogP contribution in [-0.4, -0.2) is 25.0 Å². The second kappa shape index (κ2) is 6.07. The summed E-state index contributed by atoms with van der Waals surface area (Å²) in [6.45, 7) is 0. The molecule has 0 amide bonds. The highest BCUT2D eigenvalue weighted by molar-refractivity contribution is 6.32. The zero-order valence-electron chi connectivity index (χ0n) is 11.4. The summed E-state index contributed by atoms with van der Waals surface area (Å²) < 4.78 is 0. The molecule has 0 spiro atoms. The topological polar surface area (TPSA) is 40.5 Å². The molecule has 2 aromatic rings. The molecule has 104 valence electrons. The second-order valence-electron chi connectivity index (χ2n) is 4.73. The normalized spacial score (nSPS) is 12.0. The number of rotatable bonds is 4. The fraction of sp³-hybridized carbons (Fsp3) is 0.188. The van der Waals surface area contributed by atoms with Gasteiger partial charge in [-0.3, -0.25) is 4.79 Å². The Kier molecular flexibility index (Phi) is 4.42. The number of anilines is 1. The van der Waals surface area contributed by atoms with Gasteiger partial charge in [0.25, 0.3) is 0 Å². The molecule has 0 aliphatic heterocycles. The van der Waals surface area contributed by atoms with Gasteiger partial charge in [0.05, 0.1) is 0 Å². The van der Waals surface area contributed by atoms with Gasteiger partial charge < -0.3 is 10.0 Å². The number of Topliss-reactive ketones (excluding diaryl/α,β-unsaturated/α-hetero) is 1. The van der Waals surface area contributed by atoms with E-state index in [9.17, 15) is 9.90 Å². The van der Waals surface area contributed by atoms with Crippen molar-refractivity contribution in [2.24, 2.45) is 0 Å². The molecule has 1 unspecified atom stereocenters. The summed E-state index contributed by atoms with van der Waals surface area (Å²) in [4.78, 5) is 14.1. The number of hydrogen-bond acceptors (Lipinski definition) is 3. The third-order valence-corrected chi connectivity index (χ3v) is 3.43. The van der Waals surface area contributed by atoms with Gasteiger partial charge in [0.15, 0.2) is 5.78 Å². The van der Waals surface area contributed by atoms with Crippen LogP contribution >= 0.6 is 11.6 Å². The van der Waals surface area contributed by atoms with Crippen LogP contribution in [0.25, 0.3) is 0 Å². The Morgan fingerprint density at radius 3 is 2.35 bits per heavy atom. The molecule has 0 aliphatic carbocycles. The zero-order valence-corrected chi connectivity index (χ0v) is 12.1. The van der Waals surface area contributed by atoms with Crippen LogP contribution in [0, 0.1) is 0 Å². The van der Waals surface area contributed by atoms with Crippen molar-refractivity contribution >= 4 is 23.1 Å². The number of ketones is 1. The maximum atomic E-state index is 12.2. The van der Waals surface area contributed by atoms with Crippen molar-refractivity contribution in [1.82, 2.24) is 0 Å². The van der Waals surface area contributed by atoms with Crippen LogP contribution in [-0.2, 0) is 0 Å². The number of halogens is 1. The number of carbonyl (C=O) groups is 1. The smallest absolute Gasteiger partial charge is 0.195 e. The van der Waals surface area contributed by atoms with E-state index in [0.717, 1.165) is 5.69 Å². The van der Waals surface area contributed by atoms with E-state index < -0.39 is 6.10 Å². The highest BCUT2D eigenvalue weighted by Crippen LogP contribution is 2.29. The van der Waals surface area contributed by atoms with Crippen LogP contribution in [0.15, 0.2) is 48.5 Å². The number of aliphatic hydroxyl groups is 1. The number of aliphatic hydroxyl groups excluding tert-OH is 1. The van der Waals surface area contributed by atoms with Crippen molar-refractivity contribution in [3.8, 4) is 0 Å². The number of nitrogens with zero attached hydrogens (tertiary/aromatic N) is 1. The van der Waals surface area contributed by atoms with E-state index >= 15 is 0 Å². The van der Waals surface area contributed by atoms with Crippen molar-refractivity contribution in [2.45, 2.75) is 6.10 Å². The van der Waals surface area contributed by atoms with Gasteiger partial charge in [-0.15, -0.1) is 0 Å². The average Bonchev–Trinajstić information content (AvgIpc) is 2.46. The maximum absolute atomic E-state index is 12.2. The predicted octanol–water partition coefficient (Wildman–Crippen LogP) is 3.32. The van der Waals surface area contributed by atoms with Crippen molar-refractivity contribution in [3.63, 3.8) is 0 Å². The Hall–Kier alpha value is -1.84. The summed E-state index contributed by atoms with van der Waals surface area (Å²) in [7, 11) is 3.80. The van der Waals surface area contributed by atoms with Gasteiger partial charge in [-0.1, -0.05) is 48.0 Å². The van der Waals surface area contributed by atoms with E-state index in [0.29, 0.717) is 16.1 Å². The summed E-state index contributed by atoms with van der Waals surface area (Å²) >= 11 is 6.16. The van der Waals surface area contributed by atoms with Crippen LogP contribution in [0.1, 0.15) is 22.0 Å². The van der Waals surface area contributed by atoms with Crippen molar-refractivity contribution in [1.29, 1.82) is 0 Å². The molecule has 0 heterocycles. The van der Waals surface area contributed by atoms with Crippen molar-refractivity contribution in [2.75, 3.05) is 19.0 Å². The first-order valence-corrected chi connectivity index (χ1v) is 6.62. The molecule has 0 radical (unpaired) electrons. The standard InChI is InChI=1S/C16H16ClNO2/c1-18(2)12-8-9-13(14(17)10-12)16(20)15(19)11-6-4-3-5-7-11/h3-10,16,20H,1-2H3. The Morgan fingerprint density at radius 2 is 1.80 bits per heavy atom. The van der Waals surface area contributed by atoms with Gasteiger partial charge in [0, 0.05) is 35.9 Å². The molecule has 1 N–H and O–H groups in total. The van der Waals surface area contributed by atoms with Crippen LogP contribution in [0.3, 0.4) is 0 Å². The lowest BCUT2D eigenvalue weighted by Gasteiger charge is -2.16. The van der Waals surface area contributed by atoms with Gasteiger partial charge in [0.2, 0.25) is 0 Å². The third kappa shape index (κ3) is 3.00. The van der Waals surface area contributed by atoms with Gasteiger partial charge in [-0.2, -0.15) is 0 Å². The monoisotopic (exact) mass is 289 g/mol. The first-order chi connectivity index (χ1) is 9.50. The number of benzene rings is 2. The fourth-order valence-electron chi connectivity index (χ4n) is 1.92. The van der Waals surface area contributed by atoms with Crippen LogP contribution in [0.2, 0.25) is 5.02 Å². The number of carbonyl (C=O) groups excluding carboxylic acids is 1. The molecule has 0 bridgehead atoms. The lowest BCUT2D eigenvalue weighted by atomic mass is 9.99. The highest BCUT2D eigenvalue weighted by atomic mass is 35.5. The Morgan fingerprint density at radius 1 is 1.15 bits per heavy atom. The summed E-state index contributed by atoms with van der Waals surface area (Å²) in [6, 6.07) is 13.9. The lowest BCUT2D eigenvalue weighted by molar-refractivity contribution is 0.0747. The van der Waals surface area contributed by atoms with Crippen LogP contribution < -0.4 is 4.90 Å².